The van der Waals surface area contributed by atoms with Gasteiger partial charge in [-0.25, -0.2) is 0 Å². The summed E-state index contributed by atoms with van der Waals surface area (Å²) in [4.78, 5) is 35.0. The highest BCUT2D eigenvalue weighted by Gasteiger charge is 2.33. The first-order valence-corrected chi connectivity index (χ1v) is 4.69. The summed E-state index contributed by atoms with van der Waals surface area (Å²) in [5.74, 6) is -0.540. The van der Waals surface area contributed by atoms with Crippen molar-refractivity contribution in [2.24, 2.45) is 5.41 Å². The highest BCUT2D eigenvalue weighted by molar-refractivity contribution is 6.05. The molecule has 0 spiro atoms. The summed E-state index contributed by atoms with van der Waals surface area (Å²) in [5, 5.41) is 0. The quantitative estimate of drug-likeness (QED) is 0.614. The molecular formula is C10H15NO3. The molecule has 0 radical (unpaired) electrons. The Labute approximate surface area is 83.3 Å². The monoisotopic (exact) mass is 197 g/mol. The molecule has 0 unspecified atom stereocenters. The van der Waals surface area contributed by atoms with Gasteiger partial charge in [0.25, 0.3) is 0 Å². The van der Waals surface area contributed by atoms with Crippen LogP contribution in [0.1, 0.15) is 33.6 Å². The molecule has 0 aromatic heterocycles. The van der Waals surface area contributed by atoms with Crippen molar-refractivity contribution in [2.45, 2.75) is 33.6 Å². The fourth-order valence-corrected chi connectivity index (χ4v) is 1.18. The van der Waals surface area contributed by atoms with Gasteiger partial charge in [-0.2, -0.15) is 0 Å². The number of imide groups is 1. The van der Waals surface area contributed by atoms with E-state index >= 15 is 0 Å². The minimum Gasteiger partial charge on any atom is -0.297 e. The molecule has 0 N–H and O–H groups in total. The van der Waals surface area contributed by atoms with Gasteiger partial charge in [-0.15, -0.1) is 0 Å². The van der Waals surface area contributed by atoms with Crippen LogP contribution in [0.5, 0.6) is 0 Å². The number of ketones is 1. The molecule has 1 fully saturated rings. The fourth-order valence-electron chi connectivity index (χ4n) is 1.18. The van der Waals surface area contributed by atoms with Gasteiger partial charge in [0, 0.05) is 18.3 Å². The first-order chi connectivity index (χ1) is 6.32. The third-order valence-corrected chi connectivity index (χ3v) is 2.29. The zero-order chi connectivity index (χ0) is 10.9. The molecule has 2 amide bonds. The van der Waals surface area contributed by atoms with Crippen LogP contribution in [0.15, 0.2) is 0 Å². The number of rotatable bonds is 2. The topological polar surface area (TPSA) is 54.5 Å². The van der Waals surface area contributed by atoms with E-state index in [9.17, 15) is 14.4 Å². The molecule has 0 atom stereocenters. The Hall–Kier alpha value is -1.19. The van der Waals surface area contributed by atoms with Crippen LogP contribution >= 0.6 is 0 Å². The maximum atomic E-state index is 11.6. The molecule has 1 heterocycles. The minimum atomic E-state index is -0.497. The molecule has 0 aromatic carbocycles. The summed E-state index contributed by atoms with van der Waals surface area (Å²) < 4.78 is 0. The smallest absolute Gasteiger partial charge is 0.230 e. The fraction of sp³-hybridized carbons (Fsp3) is 0.700. The van der Waals surface area contributed by atoms with Crippen LogP contribution in [0.2, 0.25) is 0 Å². The molecule has 4 heteroatoms. The SMILES string of the molecule is CC(C)(C)C(=O)CN1C(=O)CCC1=O. The molecule has 14 heavy (non-hydrogen) atoms. The molecular weight excluding hydrogens is 182 g/mol. The van der Waals surface area contributed by atoms with Crippen molar-refractivity contribution in [3.63, 3.8) is 0 Å². The van der Waals surface area contributed by atoms with Gasteiger partial charge in [0.15, 0.2) is 5.78 Å². The van der Waals surface area contributed by atoms with Crippen LogP contribution < -0.4 is 0 Å². The lowest BCUT2D eigenvalue weighted by molar-refractivity contribution is -0.143. The van der Waals surface area contributed by atoms with E-state index in [4.69, 9.17) is 0 Å². The summed E-state index contributed by atoms with van der Waals surface area (Å²) in [6.45, 7) is 5.27. The van der Waals surface area contributed by atoms with Gasteiger partial charge < -0.3 is 0 Å². The van der Waals surface area contributed by atoms with Crippen LogP contribution in [0.4, 0.5) is 0 Å². The van der Waals surface area contributed by atoms with Crippen molar-refractivity contribution < 1.29 is 14.4 Å². The summed E-state index contributed by atoms with van der Waals surface area (Å²) in [7, 11) is 0. The Morgan fingerprint density at radius 2 is 1.64 bits per heavy atom. The van der Waals surface area contributed by atoms with Crippen molar-refractivity contribution >= 4 is 17.6 Å². The number of nitrogens with zero attached hydrogens (tertiary/aromatic N) is 1. The molecule has 4 nitrogen and oxygen atoms in total. The average molecular weight is 197 g/mol. The molecule has 1 rings (SSSR count). The molecule has 78 valence electrons. The largest absolute Gasteiger partial charge is 0.297 e. The Morgan fingerprint density at radius 3 is 2.00 bits per heavy atom. The van der Waals surface area contributed by atoms with Crippen LogP contribution in [0, 0.1) is 5.41 Å². The van der Waals surface area contributed by atoms with Gasteiger partial charge in [-0.05, 0) is 0 Å². The highest BCUT2D eigenvalue weighted by atomic mass is 16.2. The molecule has 1 aliphatic heterocycles. The Morgan fingerprint density at radius 1 is 1.21 bits per heavy atom. The first-order valence-electron chi connectivity index (χ1n) is 4.69. The summed E-state index contributed by atoms with van der Waals surface area (Å²) in [6.07, 6.45) is 0.493. The van der Waals surface area contributed by atoms with Crippen LogP contribution in [0.3, 0.4) is 0 Å². The number of amides is 2. The van der Waals surface area contributed by atoms with Crippen molar-refractivity contribution in [1.82, 2.24) is 4.90 Å². The van der Waals surface area contributed by atoms with E-state index in [0.717, 1.165) is 4.90 Å². The molecule has 1 aliphatic rings. The van der Waals surface area contributed by atoms with Crippen LogP contribution in [0.25, 0.3) is 0 Å². The highest BCUT2D eigenvalue weighted by Crippen LogP contribution is 2.18. The third kappa shape index (κ3) is 2.19. The van der Waals surface area contributed by atoms with Gasteiger partial charge in [0.1, 0.15) is 0 Å². The molecule has 0 saturated carbocycles. The minimum absolute atomic E-state index is 0.0683. The number of hydrogen-bond acceptors (Lipinski definition) is 3. The lowest BCUT2D eigenvalue weighted by Gasteiger charge is -2.20. The normalized spacial score (nSPS) is 17.8. The second kappa shape index (κ2) is 3.52. The number of likely N-dealkylation sites (tertiary alicyclic amines) is 1. The van der Waals surface area contributed by atoms with E-state index in [-0.39, 0.29) is 37.0 Å². The van der Waals surface area contributed by atoms with E-state index in [1.54, 1.807) is 20.8 Å². The van der Waals surface area contributed by atoms with Crippen molar-refractivity contribution in [2.75, 3.05) is 6.54 Å². The van der Waals surface area contributed by atoms with E-state index in [1.165, 1.54) is 0 Å². The molecule has 0 bridgehead atoms. The van der Waals surface area contributed by atoms with Crippen molar-refractivity contribution in [1.29, 1.82) is 0 Å². The zero-order valence-electron chi connectivity index (χ0n) is 8.79. The maximum absolute atomic E-state index is 11.6. The molecule has 0 aromatic rings. The number of hydrogen-bond donors (Lipinski definition) is 0. The Kier molecular flexibility index (Phi) is 2.73. The Bertz CT molecular complexity index is 272. The standard InChI is InChI=1S/C10H15NO3/c1-10(2,3)7(12)6-11-8(13)4-5-9(11)14/h4-6H2,1-3H3. The van der Waals surface area contributed by atoms with E-state index in [1.807, 2.05) is 0 Å². The Balaban J connectivity index is 2.65. The third-order valence-electron chi connectivity index (χ3n) is 2.29. The van der Waals surface area contributed by atoms with Crippen molar-refractivity contribution in [3.8, 4) is 0 Å². The van der Waals surface area contributed by atoms with Gasteiger partial charge in [0.2, 0.25) is 11.8 Å². The zero-order valence-corrected chi connectivity index (χ0v) is 8.79. The second-order valence-electron chi connectivity index (χ2n) is 4.55. The lowest BCUT2D eigenvalue weighted by atomic mass is 9.90. The van der Waals surface area contributed by atoms with Crippen LogP contribution in [-0.4, -0.2) is 29.0 Å². The average Bonchev–Trinajstić information content (AvgIpc) is 2.34. The molecule has 1 saturated heterocycles. The predicted octanol–water partition coefficient (Wildman–Crippen LogP) is 0.751. The maximum Gasteiger partial charge on any atom is 0.230 e. The molecule has 0 aliphatic carbocycles. The number of carbonyl (C=O) groups excluding carboxylic acids is 3. The van der Waals surface area contributed by atoms with E-state index < -0.39 is 5.41 Å². The van der Waals surface area contributed by atoms with Crippen molar-refractivity contribution in [3.05, 3.63) is 0 Å². The number of Topliss-reactive ketones (excluding diaryl/α,β-unsaturated/α-hetero) is 1. The summed E-state index contributed by atoms with van der Waals surface area (Å²) in [6, 6.07) is 0. The van der Waals surface area contributed by atoms with Gasteiger partial charge in [0.05, 0.1) is 6.54 Å². The lowest BCUT2D eigenvalue weighted by Crippen LogP contribution is -2.38. The first kappa shape index (κ1) is 10.9. The van der Waals surface area contributed by atoms with Gasteiger partial charge in [-0.1, -0.05) is 20.8 Å². The predicted molar refractivity (Wildman–Crippen MR) is 50.4 cm³/mol. The second-order valence-corrected chi connectivity index (χ2v) is 4.55. The summed E-state index contributed by atoms with van der Waals surface area (Å²) in [5.41, 5.74) is -0.497. The van der Waals surface area contributed by atoms with Gasteiger partial charge >= 0.3 is 0 Å². The van der Waals surface area contributed by atoms with Gasteiger partial charge in [-0.3, -0.25) is 19.3 Å². The summed E-state index contributed by atoms with van der Waals surface area (Å²) >= 11 is 0. The van der Waals surface area contributed by atoms with E-state index in [2.05, 4.69) is 0 Å². The van der Waals surface area contributed by atoms with Crippen LogP contribution in [-0.2, 0) is 14.4 Å². The van der Waals surface area contributed by atoms with E-state index in [0.29, 0.717) is 0 Å². The number of carbonyl (C=O) groups is 3.